The Hall–Kier alpha value is -1.33. The SMILES string of the molecule is CN(Cc1ccc(Cl)c(F)c1)C(=O)NCCCC(C)(C)CO. The second-order valence-corrected chi connectivity index (χ2v) is 6.67. The zero-order valence-corrected chi connectivity index (χ0v) is 14.1. The van der Waals surface area contributed by atoms with Crippen LogP contribution < -0.4 is 5.32 Å². The average Bonchev–Trinajstić information content (AvgIpc) is 2.47. The smallest absolute Gasteiger partial charge is 0.317 e. The van der Waals surface area contributed by atoms with E-state index in [4.69, 9.17) is 16.7 Å². The van der Waals surface area contributed by atoms with E-state index in [1.165, 1.54) is 17.0 Å². The Morgan fingerprint density at radius 1 is 1.45 bits per heavy atom. The summed E-state index contributed by atoms with van der Waals surface area (Å²) in [5, 5.41) is 12.0. The molecule has 0 fully saturated rings. The van der Waals surface area contributed by atoms with Crippen molar-refractivity contribution >= 4 is 17.6 Å². The van der Waals surface area contributed by atoms with Gasteiger partial charge >= 0.3 is 6.03 Å². The molecule has 2 N–H and O–H groups in total. The molecule has 0 unspecified atom stereocenters. The summed E-state index contributed by atoms with van der Waals surface area (Å²) in [5.74, 6) is -0.487. The molecule has 0 aromatic heterocycles. The number of carbonyl (C=O) groups is 1. The molecule has 0 spiro atoms. The van der Waals surface area contributed by atoms with Crippen LogP contribution in [0.2, 0.25) is 5.02 Å². The highest BCUT2D eigenvalue weighted by molar-refractivity contribution is 6.30. The number of halogens is 2. The van der Waals surface area contributed by atoms with Crippen molar-refractivity contribution in [3.63, 3.8) is 0 Å². The number of amides is 2. The summed E-state index contributed by atoms with van der Waals surface area (Å²) in [6.45, 7) is 4.94. The minimum atomic E-state index is -0.487. The normalized spacial score (nSPS) is 11.4. The van der Waals surface area contributed by atoms with Gasteiger partial charge < -0.3 is 15.3 Å². The minimum absolute atomic E-state index is 0.0716. The summed E-state index contributed by atoms with van der Waals surface area (Å²) < 4.78 is 13.4. The van der Waals surface area contributed by atoms with E-state index in [0.29, 0.717) is 18.7 Å². The van der Waals surface area contributed by atoms with Crippen LogP contribution in [0, 0.1) is 11.2 Å². The van der Waals surface area contributed by atoms with Gasteiger partial charge in [-0.1, -0.05) is 31.5 Å². The summed E-state index contributed by atoms with van der Waals surface area (Å²) in [5.41, 5.74) is 0.554. The van der Waals surface area contributed by atoms with Crippen molar-refractivity contribution < 1.29 is 14.3 Å². The number of hydrogen-bond donors (Lipinski definition) is 2. The molecule has 2 amide bonds. The molecule has 0 saturated heterocycles. The summed E-state index contributed by atoms with van der Waals surface area (Å²) in [6.07, 6.45) is 1.62. The van der Waals surface area contributed by atoms with Gasteiger partial charge in [0.2, 0.25) is 0 Å². The van der Waals surface area contributed by atoms with Crippen molar-refractivity contribution in [2.45, 2.75) is 33.2 Å². The Kier molecular flexibility index (Phi) is 7.10. The molecule has 0 radical (unpaired) electrons. The molecule has 0 heterocycles. The number of rotatable bonds is 7. The summed E-state index contributed by atoms with van der Waals surface area (Å²) >= 11 is 5.63. The lowest BCUT2D eigenvalue weighted by molar-refractivity contribution is 0.147. The molecule has 0 aliphatic carbocycles. The van der Waals surface area contributed by atoms with Crippen LogP contribution in [0.4, 0.5) is 9.18 Å². The van der Waals surface area contributed by atoms with Crippen molar-refractivity contribution in [3.05, 3.63) is 34.6 Å². The molecule has 0 bridgehead atoms. The Morgan fingerprint density at radius 3 is 2.73 bits per heavy atom. The summed E-state index contributed by atoms with van der Waals surface area (Å²) in [4.78, 5) is 13.4. The third-order valence-corrected chi connectivity index (χ3v) is 3.79. The number of aliphatic hydroxyl groups is 1. The predicted octanol–water partition coefficient (Wildman–Crippen LogP) is 3.42. The molecule has 124 valence electrons. The number of carbonyl (C=O) groups excluding carboxylic acids is 1. The van der Waals surface area contributed by atoms with E-state index in [9.17, 15) is 9.18 Å². The molecule has 4 nitrogen and oxygen atoms in total. The van der Waals surface area contributed by atoms with Gasteiger partial charge in [0.15, 0.2) is 0 Å². The first-order valence-corrected chi connectivity index (χ1v) is 7.67. The fraction of sp³-hybridized carbons (Fsp3) is 0.562. The number of aliphatic hydroxyl groups excluding tert-OH is 1. The lowest BCUT2D eigenvalue weighted by Crippen LogP contribution is -2.37. The van der Waals surface area contributed by atoms with Crippen LogP contribution in [-0.2, 0) is 6.54 Å². The summed E-state index contributed by atoms with van der Waals surface area (Å²) in [7, 11) is 1.65. The number of nitrogens with one attached hydrogen (secondary N) is 1. The van der Waals surface area contributed by atoms with Crippen molar-refractivity contribution in [2.24, 2.45) is 5.41 Å². The van der Waals surface area contributed by atoms with E-state index in [1.54, 1.807) is 13.1 Å². The van der Waals surface area contributed by atoms with E-state index < -0.39 is 5.82 Å². The van der Waals surface area contributed by atoms with Crippen molar-refractivity contribution in [1.29, 1.82) is 0 Å². The van der Waals surface area contributed by atoms with E-state index in [1.807, 2.05) is 13.8 Å². The van der Waals surface area contributed by atoms with E-state index in [2.05, 4.69) is 5.32 Å². The third kappa shape index (κ3) is 6.20. The monoisotopic (exact) mass is 330 g/mol. The largest absolute Gasteiger partial charge is 0.396 e. The van der Waals surface area contributed by atoms with Crippen LogP contribution in [0.3, 0.4) is 0 Å². The van der Waals surface area contributed by atoms with Crippen LogP contribution in [0.25, 0.3) is 0 Å². The highest BCUT2D eigenvalue weighted by atomic mass is 35.5. The second-order valence-electron chi connectivity index (χ2n) is 6.26. The molecule has 1 aromatic carbocycles. The highest BCUT2D eigenvalue weighted by Crippen LogP contribution is 2.20. The van der Waals surface area contributed by atoms with Crippen molar-refractivity contribution in [2.75, 3.05) is 20.2 Å². The molecule has 1 rings (SSSR count). The van der Waals surface area contributed by atoms with Gasteiger partial charge in [0.05, 0.1) is 5.02 Å². The first-order chi connectivity index (χ1) is 10.2. The zero-order chi connectivity index (χ0) is 16.8. The molecule has 1 aromatic rings. The molecule has 6 heteroatoms. The molecule has 0 atom stereocenters. The van der Waals surface area contributed by atoms with E-state index in [0.717, 1.165) is 12.8 Å². The predicted molar refractivity (Wildman–Crippen MR) is 86.4 cm³/mol. The van der Waals surface area contributed by atoms with Gasteiger partial charge in [0.1, 0.15) is 5.82 Å². The van der Waals surface area contributed by atoms with Crippen LogP contribution >= 0.6 is 11.6 Å². The first-order valence-electron chi connectivity index (χ1n) is 7.29. The molecule has 22 heavy (non-hydrogen) atoms. The lowest BCUT2D eigenvalue weighted by atomic mass is 9.89. The fourth-order valence-electron chi connectivity index (χ4n) is 1.96. The number of nitrogens with zero attached hydrogens (tertiary/aromatic N) is 1. The standard InChI is InChI=1S/C16H24ClFN2O2/c1-16(2,11-21)7-4-8-19-15(22)20(3)10-12-5-6-13(17)14(18)9-12/h5-6,9,21H,4,7-8,10-11H2,1-3H3,(H,19,22). The Bertz CT molecular complexity index is 509. The van der Waals surface area contributed by atoms with E-state index in [-0.39, 0.29) is 23.1 Å². The number of hydrogen-bond acceptors (Lipinski definition) is 2. The van der Waals surface area contributed by atoms with Crippen molar-refractivity contribution in [3.8, 4) is 0 Å². The molecule has 0 aliphatic rings. The van der Waals surface area contributed by atoms with Crippen molar-refractivity contribution in [1.82, 2.24) is 10.2 Å². The maximum atomic E-state index is 13.4. The lowest BCUT2D eigenvalue weighted by Gasteiger charge is -2.22. The van der Waals surface area contributed by atoms with Gasteiger partial charge in [-0.15, -0.1) is 0 Å². The average molecular weight is 331 g/mol. The Morgan fingerprint density at radius 2 is 2.14 bits per heavy atom. The maximum absolute atomic E-state index is 13.4. The van der Waals surface area contributed by atoms with Gasteiger partial charge in [-0.05, 0) is 36.0 Å². The maximum Gasteiger partial charge on any atom is 0.317 e. The van der Waals surface area contributed by atoms with Gasteiger partial charge in [0, 0.05) is 26.7 Å². The molecular weight excluding hydrogens is 307 g/mol. The number of urea groups is 1. The fourth-order valence-corrected chi connectivity index (χ4v) is 2.08. The first kappa shape index (κ1) is 18.7. The van der Waals surface area contributed by atoms with Gasteiger partial charge in [-0.25, -0.2) is 9.18 Å². The second kappa shape index (κ2) is 8.34. The minimum Gasteiger partial charge on any atom is -0.396 e. The van der Waals surface area contributed by atoms with Gasteiger partial charge in [0.25, 0.3) is 0 Å². The van der Waals surface area contributed by atoms with Gasteiger partial charge in [-0.2, -0.15) is 0 Å². The Labute approximate surface area is 136 Å². The van der Waals surface area contributed by atoms with Crippen LogP contribution in [0.5, 0.6) is 0 Å². The van der Waals surface area contributed by atoms with Crippen LogP contribution in [0.15, 0.2) is 18.2 Å². The van der Waals surface area contributed by atoms with Crippen LogP contribution in [-0.4, -0.2) is 36.2 Å². The highest BCUT2D eigenvalue weighted by Gasteiger charge is 2.16. The molecular formula is C16H24ClFN2O2. The number of benzene rings is 1. The molecule has 0 aliphatic heterocycles. The Balaban J connectivity index is 2.37. The summed E-state index contributed by atoms with van der Waals surface area (Å²) in [6, 6.07) is 4.29. The zero-order valence-electron chi connectivity index (χ0n) is 13.3. The van der Waals surface area contributed by atoms with Gasteiger partial charge in [-0.3, -0.25) is 0 Å². The van der Waals surface area contributed by atoms with E-state index >= 15 is 0 Å². The van der Waals surface area contributed by atoms with Crippen LogP contribution in [0.1, 0.15) is 32.3 Å². The topological polar surface area (TPSA) is 52.6 Å². The molecule has 0 saturated carbocycles. The quantitative estimate of drug-likeness (QED) is 0.753. The third-order valence-electron chi connectivity index (χ3n) is 3.49.